The van der Waals surface area contributed by atoms with E-state index in [-0.39, 0.29) is 21.2 Å². The molecule has 0 spiro atoms. The molecule has 6 N–H and O–H groups in total. The summed E-state index contributed by atoms with van der Waals surface area (Å²) in [6.07, 6.45) is 0. The Kier molecular flexibility index (Phi) is 5.74. The topological polar surface area (TPSA) is 76.1 Å². The van der Waals surface area contributed by atoms with Crippen molar-refractivity contribution in [3.8, 4) is 0 Å². The molecule has 4 nitrogen and oxygen atoms in total. The van der Waals surface area contributed by atoms with Gasteiger partial charge in [0.25, 0.3) is 0 Å². The van der Waals surface area contributed by atoms with E-state index < -0.39 is 3.79 Å². The predicted octanol–water partition coefficient (Wildman–Crippen LogP) is -3.93. The second-order valence-electron chi connectivity index (χ2n) is 1.35. The van der Waals surface area contributed by atoms with Crippen LogP contribution in [0.25, 0.3) is 0 Å². The number of alkyl halides is 2. The van der Waals surface area contributed by atoms with Crippen molar-refractivity contribution in [3.05, 3.63) is 0 Å². The number of hydrazine groups is 1. The van der Waals surface area contributed by atoms with Crippen molar-refractivity contribution in [1.82, 2.24) is 8.96 Å². The Labute approximate surface area is 79.2 Å². The van der Waals surface area contributed by atoms with Gasteiger partial charge in [0.15, 0.2) is 0 Å². The van der Waals surface area contributed by atoms with Gasteiger partial charge in [-0.1, -0.05) is 0 Å². The van der Waals surface area contributed by atoms with Gasteiger partial charge in [-0.25, -0.2) is 0 Å². The third-order valence-electron chi connectivity index (χ3n) is 0.692. The summed E-state index contributed by atoms with van der Waals surface area (Å²) in [4.78, 5) is 0. The van der Waals surface area contributed by atoms with Crippen LogP contribution in [0.15, 0.2) is 0 Å². The molecule has 0 aliphatic heterocycles. The molecule has 0 heterocycles. The average molecular weight is 357 g/mol. The van der Waals surface area contributed by atoms with Gasteiger partial charge >= 0.3 is 79.7 Å². The van der Waals surface area contributed by atoms with Crippen LogP contribution in [0.5, 0.6) is 0 Å². The van der Waals surface area contributed by atoms with Crippen LogP contribution in [0.1, 0.15) is 6.92 Å². The first kappa shape index (κ1) is 10.3. The van der Waals surface area contributed by atoms with Crippen molar-refractivity contribution in [2.75, 3.05) is 4.43 Å². The van der Waals surface area contributed by atoms with Crippen LogP contribution in [0.2, 0.25) is 0 Å². The zero-order valence-corrected chi connectivity index (χ0v) is 9.43. The van der Waals surface area contributed by atoms with Crippen molar-refractivity contribution in [3.63, 3.8) is 0 Å². The van der Waals surface area contributed by atoms with Gasteiger partial charge in [0.1, 0.15) is 0 Å². The molecule has 0 aromatic carbocycles. The fourth-order valence-corrected chi connectivity index (χ4v) is 2.99. The first-order chi connectivity index (χ1) is 4.18. The fraction of sp³-hybridized carbons (Fsp3) is 1.00. The summed E-state index contributed by atoms with van der Waals surface area (Å²) in [5.74, 6) is 5.19. The summed E-state index contributed by atoms with van der Waals surface area (Å²) in [5, 5.41) is 0. The Hall–Kier alpha value is 1.30. The molecule has 1 unspecified atom stereocenters. The van der Waals surface area contributed by atoms with Crippen LogP contribution in [-0.2, 0) is 0 Å². The SMILES string of the molecule is CC[I-]C(N)(NN)NI. The molecule has 0 fully saturated rings. The molecular weight excluding hydrogens is 346 g/mol. The van der Waals surface area contributed by atoms with E-state index in [1.165, 1.54) is 0 Å². The molecule has 0 aliphatic rings. The van der Waals surface area contributed by atoms with E-state index >= 15 is 0 Å². The number of hydrogen-bond acceptors (Lipinski definition) is 4. The summed E-state index contributed by atoms with van der Waals surface area (Å²) in [6.45, 7) is 2.10. The summed E-state index contributed by atoms with van der Waals surface area (Å²) in [6, 6.07) is 0. The van der Waals surface area contributed by atoms with E-state index in [9.17, 15) is 0 Å². The molecule has 6 heteroatoms. The molecule has 0 aromatic heterocycles. The number of hydrogen-bond donors (Lipinski definition) is 4. The molecule has 1 atom stereocenters. The standard InChI is InChI=1S/C3H11I2N4/c1-2-5-3(6,8-4)9-7/h8-9H,2,6-7H2,1H3/q-1. The van der Waals surface area contributed by atoms with Crippen LogP contribution >= 0.6 is 22.9 Å². The zero-order valence-electron chi connectivity index (χ0n) is 5.12. The minimum absolute atomic E-state index is 0.0986. The van der Waals surface area contributed by atoms with Gasteiger partial charge in [0, 0.05) is 0 Å². The maximum absolute atomic E-state index is 5.70. The van der Waals surface area contributed by atoms with E-state index in [1.54, 1.807) is 0 Å². The first-order valence-corrected chi connectivity index (χ1v) is 6.11. The van der Waals surface area contributed by atoms with Gasteiger partial charge < -0.3 is 0 Å². The molecule has 0 aromatic rings. The van der Waals surface area contributed by atoms with Crippen LogP contribution < -0.4 is 41.7 Å². The van der Waals surface area contributed by atoms with Gasteiger partial charge in [-0.2, -0.15) is 0 Å². The maximum atomic E-state index is 5.70. The monoisotopic (exact) mass is 357 g/mol. The molecule has 58 valence electrons. The number of halogens is 2. The van der Waals surface area contributed by atoms with Crippen LogP contribution in [-0.4, -0.2) is 8.22 Å². The first-order valence-electron chi connectivity index (χ1n) is 2.43. The van der Waals surface area contributed by atoms with E-state index in [4.69, 9.17) is 11.6 Å². The predicted molar refractivity (Wildman–Crippen MR) is 41.9 cm³/mol. The third kappa shape index (κ3) is 3.88. The minimum atomic E-state index is -0.492. The van der Waals surface area contributed by atoms with E-state index in [0.29, 0.717) is 0 Å². The molecule has 0 saturated carbocycles. The molecule has 0 rings (SSSR count). The molecule has 0 aliphatic carbocycles. The molecule has 0 radical (unpaired) electrons. The zero-order chi connectivity index (χ0) is 7.33. The second kappa shape index (κ2) is 5.02. The number of nitrogens with one attached hydrogen (secondary N) is 2. The average Bonchev–Trinajstić information content (AvgIpc) is 1.89. The quantitative estimate of drug-likeness (QED) is 0.0789. The summed E-state index contributed by atoms with van der Waals surface area (Å²) in [7, 11) is 0. The van der Waals surface area contributed by atoms with Gasteiger partial charge in [0.2, 0.25) is 0 Å². The van der Waals surface area contributed by atoms with Crippen molar-refractivity contribution in [2.45, 2.75) is 10.7 Å². The van der Waals surface area contributed by atoms with Crippen LogP contribution in [0.3, 0.4) is 0 Å². The van der Waals surface area contributed by atoms with Gasteiger partial charge in [0.05, 0.1) is 0 Å². The molecule has 0 amide bonds. The van der Waals surface area contributed by atoms with Gasteiger partial charge in [-0.05, 0) is 0 Å². The van der Waals surface area contributed by atoms with E-state index in [2.05, 4.69) is 15.9 Å². The van der Waals surface area contributed by atoms with E-state index in [1.807, 2.05) is 22.9 Å². The van der Waals surface area contributed by atoms with Crippen molar-refractivity contribution >= 4 is 22.9 Å². The second-order valence-corrected chi connectivity index (χ2v) is 5.88. The Balaban J connectivity index is 3.62. The fourth-order valence-electron chi connectivity index (χ4n) is 0.302. The normalized spacial score (nSPS) is 17.8. The Morgan fingerprint density at radius 2 is 2.33 bits per heavy atom. The molecular formula is C3H11I2N4-. The summed E-state index contributed by atoms with van der Waals surface area (Å²) < 4.78 is 3.50. The van der Waals surface area contributed by atoms with Crippen molar-refractivity contribution in [2.24, 2.45) is 11.6 Å². The molecule has 0 bridgehead atoms. The third-order valence-corrected chi connectivity index (χ3v) is 5.12. The molecule has 0 saturated heterocycles. The van der Waals surface area contributed by atoms with Crippen molar-refractivity contribution < 1.29 is 21.2 Å². The van der Waals surface area contributed by atoms with Gasteiger partial charge in [-0.3, -0.25) is 0 Å². The Morgan fingerprint density at radius 3 is 2.44 bits per heavy atom. The molecule has 9 heavy (non-hydrogen) atoms. The van der Waals surface area contributed by atoms with Crippen LogP contribution in [0.4, 0.5) is 0 Å². The Morgan fingerprint density at radius 1 is 1.78 bits per heavy atom. The summed E-state index contributed by atoms with van der Waals surface area (Å²) >= 11 is 1.90. The Bertz CT molecular complexity index is 74.2. The van der Waals surface area contributed by atoms with E-state index in [0.717, 1.165) is 4.43 Å². The van der Waals surface area contributed by atoms with Crippen molar-refractivity contribution in [1.29, 1.82) is 0 Å². The number of nitrogens with two attached hydrogens (primary N) is 2. The number of rotatable bonds is 4. The summed E-state index contributed by atoms with van der Waals surface area (Å²) in [5.41, 5.74) is 8.24. The van der Waals surface area contributed by atoms with Gasteiger partial charge in [-0.15, -0.1) is 0 Å². The van der Waals surface area contributed by atoms with Crippen LogP contribution in [0, 0.1) is 0 Å².